The fourth-order valence-corrected chi connectivity index (χ4v) is 3.94. The first kappa shape index (κ1) is 17.4. The van der Waals surface area contributed by atoms with Gasteiger partial charge in [-0.25, -0.2) is 17.4 Å². The van der Waals surface area contributed by atoms with Crippen molar-refractivity contribution in [2.24, 2.45) is 0 Å². The van der Waals surface area contributed by atoms with Gasteiger partial charge < -0.3 is 4.90 Å². The van der Waals surface area contributed by atoms with Gasteiger partial charge in [-0.15, -0.1) is 0 Å². The molecule has 0 bridgehead atoms. The van der Waals surface area contributed by atoms with Crippen LogP contribution in [0.4, 0.5) is 0 Å². The number of benzene rings is 2. The van der Waals surface area contributed by atoms with E-state index in [1.165, 1.54) is 3.97 Å². The van der Waals surface area contributed by atoms with E-state index in [-0.39, 0.29) is 4.90 Å². The average molecular weight is 355 g/mol. The van der Waals surface area contributed by atoms with Gasteiger partial charge in [0.15, 0.2) is 5.82 Å². The molecule has 1 aromatic heterocycles. The SMILES string of the molecule is Cc1ccc(S(=O)(=O)n2cc(CN(C)C)nc2-c2ccccc2)cc1. The highest BCUT2D eigenvalue weighted by Gasteiger charge is 2.23. The minimum atomic E-state index is -3.71. The minimum Gasteiger partial charge on any atom is -0.304 e. The maximum Gasteiger partial charge on any atom is 0.269 e. The highest BCUT2D eigenvalue weighted by molar-refractivity contribution is 7.90. The fraction of sp³-hybridized carbons (Fsp3) is 0.211. The maximum atomic E-state index is 13.1. The van der Waals surface area contributed by atoms with Gasteiger partial charge >= 0.3 is 0 Å². The van der Waals surface area contributed by atoms with Crippen molar-refractivity contribution in [1.82, 2.24) is 13.9 Å². The van der Waals surface area contributed by atoms with Crippen LogP contribution in [0.2, 0.25) is 0 Å². The van der Waals surface area contributed by atoms with Crippen LogP contribution in [0.5, 0.6) is 0 Å². The molecule has 0 N–H and O–H groups in total. The first-order valence-electron chi connectivity index (χ1n) is 7.98. The Labute approximate surface area is 148 Å². The summed E-state index contributed by atoms with van der Waals surface area (Å²) in [5.74, 6) is 0.429. The standard InChI is InChI=1S/C19H21N3O2S/c1-15-9-11-18(12-10-15)25(23,24)22-14-17(13-21(2)3)20-19(22)16-7-5-4-6-8-16/h4-12,14H,13H2,1-3H3. The Hall–Kier alpha value is -2.44. The lowest BCUT2D eigenvalue weighted by Crippen LogP contribution is -2.14. The third kappa shape index (κ3) is 3.65. The van der Waals surface area contributed by atoms with Crippen LogP contribution in [0, 0.1) is 6.92 Å². The lowest BCUT2D eigenvalue weighted by Gasteiger charge is -2.09. The van der Waals surface area contributed by atoms with Crippen molar-refractivity contribution in [1.29, 1.82) is 0 Å². The topological polar surface area (TPSA) is 55.2 Å². The molecule has 0 spiro atoms. The Bertz CT molecular complexity index is 960. The second-order valence-electron chi connectivity index (χ2n) is 6.27. The predicted octanol–water partition coefficient (Wildman–Crippen LogP) is 3.16. The zero-order valence-corrected chi connectivity index (χ0v) is 15.4. The third-order valence-electron chi connectivity index (χ3n) is 3.81. The second kappa shape index (κ2) is 6.82. The molecule has 0 amide bonds. The lowest BCUT2D eigenvalue weighted by atomic mass is 10.2. The molecule has 130 valence electrons. The van der Waals surface area contributed by atoms with Crippen LogP contribution >= 0.6 is 0 Å². The summed E-state index contributed by atoms with van der Waals surface area (Å²) in [7, 11) is 0.139. The highest BCUT2D eigenvalue weighted by Crippen LogP contribution is 2.25. The maximum absolute atomic E-state index is 13.1. The molecule has 6 heteroatoms. The average Bonchev–Trinajstić information content (AvgIpc) is 3.00. The van der Waals surface area contributed by atoms with Gasteiger partial charge in [0.1, 0.15) is 0 Å². The van der Waals surface area contributed by atoms with Crippen LogP contribution in [0.15, 0.2) is 65.7 Å². The van der Waals surface area contributed by atoms with Crippen molar-refractivity contribution in [3.8, 4) is 11.4 Å². The molecule has 0 saturated heterocycles. The summed E-state index contributed by atoms with van der Waals surface area (Å²) < 4.78 is 27.6. The Kier molecular flexibility index (Phi) is 4.74. The molecule has 2 aromatic carbocycles. The van der Waals surface area contributed by atoms with Crippen molar-refractivity contribution < 1.29 is 8.42 Å². The van der Waals surface area contributed by atoms with Crippen molar-refractivity contribution in [2.75, 3.05) is 14.1 Å². The van der Waals surface area contributed by atoms with E-state index in [1.807, 2.05) is 56.3 Å². The minimum absolute atomic E-state index is 0.254. The number of hydrogen-bond donors (Lipinski definition) is 0. The van der Waals surface area contributed by atoms with Crippen LogP contribution in [0.1, 0.15) is 11.3 Å². The summed E-state index contributed by atoms with van der Waals surface area (Å²) in [6.45, 7) is 2.49. The Morgan fingerprint density at radius 3 is 2.24 bits per heavy atom. The van der Waals surface area contributed by atoms with Gasteiger partial charge in [0.25, 0.3) is 10.0 Å². The number of imidazole rings is 1. The number of hydrogen-bond acceptors (Lipinski definition) is 4. The molecule has 5 nitrogen and oxygen atoms in total. The van der Waals surface area contributed by atoms with Crippen molar-refractivity contribution >= 4 is 10.0 Å². The van der Waals surface area contributed by atoms with Gasteiger partial charge in [-0.05, 0) is 33.2 Å². The van der Waals surface area contributed by atoms with Crippen LogP contribution < -0.4 is 0 Å². The monoisotopic (exact) mass is 355 g/mol. The number of aromatic nitrogens is 2. The molecular weight excluding hydrogens is 334 g/mol. The molecule has 0 radical (unpaired) electrons. The number of nitrogens with zero attached hydrogens (tertiary/aromatic N) is 3. The molecule has 0 fully saturated rings. The van der Waals surface area contributed by atoms with E-state index in [9.17, 15) is 8.42 Å². The van der Waals surface area contributed by atoms with E-state index in [1.54, 1.807) is 30.5 Å². The van der Waals surface area contributed by atoms with Crippen molar-refractivity contribution in [3.63, 3.8) is 0 Å². The largest absolute Gasteiger partial charge is 0.304 e. The molecule has 0 unspecified atom stereocenters. The van der Waals surface area contributed by atoms with Gasteiger partial charge in [0, 0.05) is 18.3 Å². The highest BCUT2D eigenvalue weighted by atomic mass is 32.2. The molecular formula is C19H21N3O2S. The van der Waals surface area contributed by atoms with Crippen molar-refractivity contribution in [3.05, 3.63) is 72.1 Å². The summed E-state index contributed by atoms with van der Waals surface area (Å²) in [6, 6.07) is 16.2. The van der Waals surface area contributed by atoms with Crippen LogP contribution in [0.25, 0.3) is 11.4 Å². The molecule has 25 heavy (non-hydrogen) atoms. The Morgan fingerprint density at radius 2 is 1.64 bits per heavy atom. The summed E-state index contributed by atoms with van der Waals surface area (Å²) in [6.07, 6.45) is 1.61. The summed E-state index contributed by atoms with van der Waals surface area (Å²) >= 11 is 0. The summed E-state index contributed by atoms with van der Waals surface area (Å²) in [4.78, 5) is 6.78. The fourth-order valence-electron chi connectivity index (χ4n) is 2.60. The Morgan fingerprint density at radius 1 is 1.00 bits per heavy atom. The molecule has 0 aliphatic heterocycles. The van der Waals surface area contributed by atoms with Gasteiger partial charge in [0.2, 0.25) is 0 Å². The molecule has 0 aliphatic carbocycles. The number of rotatable bonds is 5. The molecule has 0 atom stereocenters. The summed E-state index contributed by atoms with van der Waals surface area (Å²) in [5, 5.41) is 0. The van der Waals surface area contributed by atoms with E-state index in [2.05, 4.69) is 4.98 Å². The second-order valence-corrected chi connectivity index (χ2v) is 8.09. The molecule has 0 saturated carbocycles. The first-order chi connectivity index (χ1) is 11.9. The smallest absolute Gasteiger partial charge is 0.269 e. The van der Waals surface area contributed by atoms with Crippen molar-refractivity contribution in [2.45, 2.75) is 18.4 Å². The van der Waals surface area contributed by atoms with E-state index in [4.69, 9.17) is 0 Å². The molecule has 1 heterocycles. The van der Waals surface area contributed by atoms with Gasteiger partial charge in [-0.1, -0.05) is 48.0 Å². The molecule has 0 aliphatic rings. The van der Waals surface area contributed by atoms with Crippen LogP contribution in [0.3, 0.4) is 0 Å². The van der Waals surface area contributed by atoms with E-state index in [0.29, 0.717) is 18.1 Å². The Balaban J connectivity index is 2.16. The van der Waals surface area contributed by atoms with E-state index >= 15 is 0 Å². The zero-order chi connectivity index (χ0) is 18.0. The molecule has 3 rings (SSSR count). The third-order valence-corrected chi connectivity index (χ3v) is 5.48. The summed E-state index contributed by atoms with van der Waals surface area (Å²) in [5.41, 5.74) is 2.49. The van der Waals surface area contributed by atoms with E-state index < -0.39 is 10.0 Å². The van der Waals surface area contributed by atoms with Crippen LogP contribution in [-0.4, -0.2) is 36.4 Å². The van der Waals surface area contributed by atoms with Gasteiger partial charge in [0.05, 0.1) is 10.6 Å². The van der Waals surface area contributed by atoms with Gasteiger partial charge in [-0.2, -0.15) is 0 Å². The molecule has 3 aromatic rings. The first-order valence-corrected chi connectivity index (χ1v) is 9.42. The quantitative estimate of drug-likeness (QED) is 0.705. The van der Waals surface area contributed by atoms with Crippen LogP contribution in [-0.2, 0) is 16.6 Å². The van der Waals surface area contributed by atoms with Gasteiger partial charge in [-0.3, -0.25) is 0 Å². The normalized spacial score (nSPS) is 11.8. The lowest BCUT2D eigenvalue weighted by molar-refractivity contribution is 0.397. The zero-order valence-electron chi connectivity index (χ0n) is 14.5. The van der Waals surface area contributed by atoms with E-state index in [0.717, 1.165) is 11.1 Å². The number of aryl methyl sites for hydroxylation is 1. The predicted molar refractivity (Wildman–Crippen MR) is 98.8 cm³/mol.